The molecule has 3 aliphatic heterocycles. The zero-order valence-corrected chi connectivity index (χ0v) is 53.6. The minimum Gasteiger partial charge on any atom is -0.507 e. The first-order valence-corrected chi connectivity index (χ1v) is 32.8. The lowest BCUT2D eigenvalue weighted by Gasteiger charge is -2.71. The van der Waals surface area contributed by atoms with Crippen molar-refractivity contribution in [2.45, 2.75) is 237 Å². The van der Waals surface area contributed by atoms with E-state index in [-0.39, 0.29) is 78.0 Å². The van der Waals surface area contributed by atoms with Gasteiger partial charge in [0.25, 0.3) is 5.91 Å². The third-order valence-electron chi connectivity index (χ3n) is 23.4. The first kappa shape index (κ1) is 69.8. The van der Waals surface area contributed by atoms with Crippen LogP contribution in [0.1, 0.15) is 158 Å². The fraction of sp³-hybridized carbons (Fsp3) is 0.721. The molecule has 0 bridgehead atoms. The molecule has 14 unspecified atom stereocenters. The molecule has 12 N–H and O–H groups in total. The molecule has 0 radical (unpaired) electrons. The molecule has 2 aromatic rings. The van der Waals surface area contributed by atoms with Crippen LogP contribution in [0.2, 0.25) is 0 Å². The highest BCUT2D eigenvalue weighted by atomic mass is 16.8. The number of phenols is 1. The first-order valence-electron chi connectivity index (χ1n) is 32.8. The Morgan fingerprint density at radius 2 is 1.46 bits per heavy atom. The average Bonchev–Trinajstić information content (AvgIpc) is 0.673. The van der Waals surface area contributed by atoms with Gasteiger partial charge in [-0.05, 0) is 147 Å². The monoisotopic (exact) mass is 1290 g/mol. The molecule has 2 amide bonds. The average molecular weight is 1290 g/mol. The Labute approximate surface area is 536 Å². The number of allylic oxidation sites excluding steroid dienone is 2. The maximum atomic E-state index is 15.8. The molecule has 0 aromatic heterocycles. The summed E-state index contributed by atoms with van der Waals surface area (Å²) in [6.07, 6.45) is -14.1. The molecule has 5 aliphatic carbocycles. The summed E-state index contributed by atoms with van der Waals surface area (Å²) in [6.45, 7) is 13.5. The molecule has 24 nitrogen and oxygen atoms in total. The van der Waals surface area contributed by atoms with Crippen molar-refractivity contribution in [2.75, 3.05) is 19.8 Å². The van der Waals surface area contributed by atoms with Crippen molar-refractivity contribution in [3.63, 3.8) is 0 Å². The lowest BCUT2D eigenvalue weighted by molar-refractivity contribution is -0.370. The second kappa shape index (κ2) is 27.2. The number of aliphatic hydroxyl groups excluding tert-OH is 9. The van der Waals surface area contributed by atoms with Gasteiger partial charge in [0.1, 0.15) is 78.6 Å². The molecule has 7 fully saturated rings. The number of amides is 2. The normalized spacial score (nSPS) is 42.3. The van der Waals surface area contributed by atoms with Crippen LogP contribution in [0.4, 0.5) is 0 Å². The smallest absolute Gasteiger partial charge is 0.317 e. The van der Waals surface area contributed by atoms with Gasteiger partial charge in [-0.25, -0.2) is 0 Å². The Kier molecular flexibility index (Phi) is 20.7. The molecule has 0 spiro atoms. The zero-order chi connectivity index (χ0) is 66.6. The maximum absolute atomic E-state index is 15.8. The predicted octanol–water partition coefficient (Wildman–Crippen LogP) is 3.17. The molecule has 10 rings (SSSR count). The Morgan fingerprint density at radius 3 is 2.16 bits per heavy atom. The number of esters is 1. The fourth-order valence-electron chi connectivity index (χ4n) is 17.7. The SMILES string of the molecule is CC1O[C@@H](OC2C(O)[C@@H](NC(=O)CCCCCNC(=O)c3ccc(COc4cccc(O)c4C=O)cc3)C(CO)O[C@H]2OC(=O)[C@]23CCC(C)(C)CC2C2=CCC4C5(C)CC[C@H](O)C(C)(C=O)[C@@H]5CCC4(C)C2(C)C[C@@H]3O)C(O)C(O)[C@H]1O[C@@H]1OC[C@@H](O)C(O)C1O. The molecule has 3 heterocycles. The third kappa shape index (κ3) is 12.6. The minimum absolute atomic E-state index is 0.0298. The van der Waals surface area contributed by atoms with Gasteiger partial charge in [0, 0.05) is 18.5 Å². The van der Waals surface area contributed by atoms with E-state index in [0.717, 1.165) is 24.7 Å². The van der Waals surface area contributed by atoms with Crippen LogP contribution in [0.5, 0.6) is 11.5 Å². The van der Waals surface area contributed by atoms with E-state index in [4.69, 9.17) is 33.2 Å². The van der Waals surface area contributed by atoms with E-state index in [1.807, 2.05) is 6.92 Å². The van der Waals surface area contributed by atoms with Gasteiger partial charge in [0.2, 0.25) is 12.2 Å². The number of unbranched alkanes of at least 4 members (excludes halogenated alkanes) is 2. The lowest BCUT2D eigenvalue weighted by Crippen LogP contribution is -2.69. The Hall–Kier alpha value is -5.03. The Balaban J connectivity index is 0.840. The summed E-state index contributed by atoms with van der Waals surface area (Å²) < 4.78 is 42.3. The van der Waals surface area contributed by atoms with Gasteiger partial charge in [-0.15, -0.1) is 0 Å². The number of aromatic hydroxyl groups is 1. The molecule has 24 atom stereocenters. The number of rotatable bonds is 20. The summed E-state index contributed by atoms with van der Waals surface area (Å²) in [7, 11) is 0. The summed E-state index contributed by atoms with van der Waals surface area (Å²) in [5, 5.41) is 118. The zero-order valence-electron chi connectivity index (χ0n) is 53.6. The van der Waals surface area contributed by atoms with Gasteiger partial charge in [0.15, 0.2) is 25.0 Å². The maximum Gasteiger partial charge on any atom is 0.317 e. The molecule has 8 aliphatic rings. The molecular formula is C68H96N2O22. The van der Waals surface area contributed by atoms with E-state index < -0.39 is 151 Å². The number of aliphatic hydroxyl groups is 9. The van der Waals surface area contributed by atoms with Crippen LogP contribution in [0.25, 0.3) is 0 Å². The summed E-state index contributed by atoms with van der Waals surface area (Å²) in [5.41, 5.74) is -1.94. The topological polar surface area (TPSA) is 376 Å². The summed E-state index contributed by atoms with van der Waals surface area (Å²) >= 11 is 0. The van der Waals surface area contributed by atoms with Crippen LogP contribution < -0.4 is 15.4 Å². The summed E-state index contributed by atoms with van der Waals surface area (Å²) in [4.78, 5) is 66.9. The largest absolute Gasteiger partial charge is 0.507 e. The molecule has 510 valence electrons. The molecule has 2 aromatic carbocycles. The first-order chi connectivity index (χ1) is 43.5. The molecular weight excluding hydrogens is 1200 g/mol. The van der Waals surface area contributed by atoms with E-state index in [1.165, 1.54) is 13.0 Å². The number of nitrogens with one attached hydrogen (secondary N) is 2. The van der Waals surface area contributed by atoms with Crippen molar-refractivity contribution in [1.29, 1.82) is 0 Å². The van der Waals surface area contributed by atoms with Crippen LogP contribution in [0, 0.1) is 50.2 Å². The van der Waals surface area contributed by atoms with Gasteiger partial charge >= 0.3 is 5.97 Å². The van der Waals surface area contributed by atoms with E-state index in [1.54, 1.807) is 36.4 Å². The van der Waals surface area contributed by atoms with Crippen LogP contribution in [0.3, 0.4) is 0 Å². The van der Waals surface area contributed by atoms with Gasteiger partial charge < -0.3 is 99.7 Å². The van der Waals surface area contributed by atoms with Gasteiger partial charge in [-0.3, -0.25) is 19.2 Å². The van der Waals surface area contributed by atoms with Crippen LogP contribution >= 0.6 is 0 Å². The lowest BCUT2D eigenvalue weighted by atomic mass is 9.33. The highest BCUT2D eigenvalue weighted by Crippen LogP contribution is 2.76. The number of ether oxygens (including phenoxy) is 7. The van der Waals surface area contributed by atoms with E-state index in [2.05, 4.69) is 51.3 Å². The Bertz CT molecular complexity index is 3020. The molecule has 92 heavy (non-hydrogen) atoms. The number of hydrogen-bond donors (Lipinski definition) is 12. The van der Waals surface area contributed by atoms with Gasteiger partial charge in [0.05, 0.1) is 48.5 Å². The second-order valence-electron chi connectivity index (χ2n) is 29.2. The minimum atomic E-state index is -1.99. The standard InChI is InChI=1S/C68H96N2O22/c1-35-56(90-59-54(82)51(79)42(75)33-87-59)53(81)55(83)60(88-35)91-57-52(80)50(70-49(78)14-9-8-10-27-69-58(84)37-17-15-36(16-18-37)32-86-43-13-11-12-41(74)38(43)30-71)44(31-72)89-61(57)92-62(85)68-26-25-63(2,3)28-40(68)39-19-20-46-64(4)23-22-47(76)65(5,34-73)45(64)21-24-66(46,6)67(39,7)29-48(68)77/h11-13,15-19,30,34-35,40,42,44-48,50-57,59-61,72,74-77,79-83H,8-10,14,20-29,31-33H2,1-7H3,(H,69,84)(H,70,78)/t35?,40?,42-,44?,45-,46?,47+,48+,50+,51?,52?,53?,54?,55?,56+,57?,59+,60+,61+,64?,65?,66?,67?,68-/m1/s1. The van der Waals surface area contributed by atoms with Crippen LogP contribution in [-0.4, -0.2) is 199 Å². The molecule has 3 saturated heterocycles. The van der Waals surface area contributed by atoms with Crippen molar-refractivity contribution in [2.24, 2.45) is 50.2 Å². The number of fused-ring (bicyclic) bond motifs is 7. The number of hydrogen-bond acceptors (Lipinski definition) is 22. The third-order valence-corrected chi connectivity index (χ3v) is 23.4. The summed E-state index contributed by atoms with van der Waals surface area (Å²) in [6, 6.07) is 9.72. The number of benzene rings is 2. The number of phenolic OH excluding ortho intramolecular Hbond substituents is 1. The number of carbonyl (C=O) groups is 5. The van der Waals surface area contributed by atoms with Crippen molar-refractivity contribution in [1.82, 2.24) is 10.6 Å². The van der Waals surface area contributed by atoms with E-state index in [9.17, 15) is 70.2 Å². The van der Waals surface area contributed by atoms with Crippen LogP contribution in [-0.2, 0) is 49.4 Å². The Morgan fingerprint density at radius 1 is 0.739 bits per heavy atom. The molecule has 24 heteroatoms. The highest BCUT2D eigenvalue weighted by molar-refractivity contribution is 5.94. The van der Waals surface area contributed by atoms with E-state index >= 15 is 4.79 Å². The molecule has 4 saturated carbocycles. The van der Waals surface area contributed by atoms with Crippen molar-refractivity contribution < 1.29 is 108 Å². The van der Waals surface area contributed by atoms with Crippen LogP contribution in [0.15, 0.2) is 54.1 Å². The number of carbonyl (C=O) groups excluding carboxylic acids is 5. The van der Waals surface area contributed by atoms with Crippen molar-refractivity contribution >= 4 is 30.4 Å². The van der Waals surface area contributed by atoms with E-state index in [0.29, 0.717) is 68.8 Å². The van der Waals surface area contributed by atoms with Crippen molar-refractivity contribution in [3.05, 3.63) is 70.8 Å². The van der Waals surface area contributed by atoms with Gasteiger partial charge in [-0.1, -0.05) is 77.8 Å². The predicted molar refractivity (Wildman–Crippen MR) is 326 cm³/mol. The second-order valence-corrected chi connectivity index (χ2v) is 29.2. The quantitative estimate of drug-likeness (QED) is 0.0392. The summed E-state index contributed by atoms with van der Waals surface area (Å²) in [5.74, 6) is -2.27. The fourth-order valence-corrected chi connectivity index (χ4v) is 17.7. The van der Waals surface area contributed by atoms with Crippen molar-refractivity contribution in [3.8, 4) is 11.5 Å². The highest BCUT2D eigenvalue weighted by Gasteiger charge is 2.72. The number of aldehydes is 2. The van der Waals surface area contributed by atoms with Gasteiger partial charge in [-0.2, -0.15) is 0 Å².